The van der Waals surface area contributed by atoms with Gasteiger partial charge in [0.05, 0.1) is 0 Å². The van der Waals surface area contributed by atoms with Crippen LogP contribution in [0.15, 0.2) is 34.8 Å². The third-order valence-corrected chi connectivity index (χ3v) is 4.20. The third-order valence-electron chi connectivity index (χ3n) is 2.06. The zero-order valence-corrected chi connectivity index (χ0v) is 11.3. The molecule has 0 unspecified atom stereocenters. The van der Waals surface area contributed by atoms with E-state index >= 15 is 0 Å². The second kappa shape index (κ2) is 5.32. The van der Waals surface area contributed by atoms with E-state index in [4.69, 9.17) is 0 Å². The number of nitrogens with zero attached hydrogens (tertiary/aromatic N) is 2. The van der Waals surface area contributed by atoms with Crippen LogP contribution in [0.25, 0.3) is 0 Å². The van der Waals surface area contributed by atoms with E-state index in [-0.39, 0.29) is 4.90 Å². The molecule has 0 aliphatic carbocycles. The molecule has 2 aromatic heterocycles. The second-order valence-electron chi connectivity index (χ2n) is 3.35. The molecule has 2 N–H and O–H groups in total. The van der Waals surface area contributed by atoms with Gasteiger partial charge in [0.2, 0.25) is 0 Å². The fourth-order valence-corrected chi connectivity index (χ4v) is 3.01. The minimum absolute atomic E-state index is 0.111. The van der Waals surface area contributed by atoms with Crippen molar-refractivity contribution >= 4 is 32.3 Å². The van der Waals surface area contributed by atoms with Crippen LogP contribution in [0.4, 0.5) is 10.9 Å². The second-order valence-corrected chi connectivity index (χ2v) is 5.93. The molecule has 0 saturated carbocycles. The lowest BCUT2D eigenvalue weighted by Gasteiger charge is -2.06. The van der Waals surface area contributed by atoms with Crippen LogP contribution >= 0.6 is 11.3 Å². The molecule has 0 fully saturated rings. The first-order valence-corrected chi connectivity index (χ1v) is 7.60. The Labute approximate surface area is 109 Å². The number of nitrogens with one attached hydrogen (secondary N) is 2. The number of thiazole rings is 1. The van der Waals surface area contributed by atoms with Crippen LogP contribution in [0, 0.1) is 0 Å². The van der Waals surface area contributed by atoms with Gasteiger partial charge in [-0.1, -0.05) is 0 Å². The standard InChI is InChI=1S/C10H12N4O2S2/c1-2-11-9-4-3-8(7-13-9)18(15,16)14-10-12-5-6-17-10/h3-7H,2H2,1H3,(H,11,13)(H,12,14). The van der Waals surface area contributed by atoms with Gasteiger partial charge in [0.25, 0.3) is 10.0 Å². The first kappa shape index (κ1) is 12.8. The molecule has 0 aliphatic heterocycles. The van der Waals surface area contributed by atoms with Crippen molar-refractivity contribution in [2.24, 2.45) is 0 Å². The smallest absolute Gasteiger partial charge is 0.265 e. The van der Waals surface area contributed by atoms with Crippen molar-refractivity contribution < 1.29 is 8.42 Å². The SMILES string of the molecule is CCNc1ccc(S(=O)(=O)Nc2nccs2)cn1. The van der Waals surface area contributed by atoms with Crippen LogP contribution in [0.5, 0.6) is 0 Å². The van der Waals surface area contributed by atoms with Crippen molar-refractivity contribution in [2.45, 2.75) is 11.8 Å². The van der Waals surface area contributed by atoms with Crippen molar-refractivity contribution in [1.29, 1.82) is 0 Å². The first-order valence-electron chi connectivity index (χ1n) is 5.24. The van der Waals surface area contributed by atoms with Crippen LogP contribution in [-0.4, -0.2) is 24.9 Å². The van der Waals surface area contributed by atoms with E-state index in [2.05, 4.69) is 20.0 Å². The summed E-state index contributed by atoms with van der Waals surface area (Å²) in [6.45, 7) is 2.67. The largest absolute Gasteiger partial charge is 0.370 e. The Morgan fingerprint density at radius 2 is 2.17 bits per heavy atom. The van der Waals surface area contributed by atoms with Gasteiger partial charge in [-0.2, -0.15) is 0 Å². The average Bonchev–Trinajstić information content (AvgIpc) is 2.82. The van der Waals surface area contributed by atoms with Crippen molar-refractivity contribution in [2.75, 3.05) is 16.6 Å². The summed E-state index contributed by atoms with van der Waals surface area (Å²) in [5, 5.41) is 5.03. The molecular weight excluding hydrogens is 272 g/mol. The summed E-state index contributed by atoms with van der Waals surface area (Å²) in [7, 11) is -3.61. The number of anilines is 2. The maximum Gasteiger partial charge on any atom is 0.265 e. The van der Waals surface area contributed by atoms with Crippen molar-refractivity contribution in [1.82, 2.24) is 9.97 Å². The highest BCUT2D eigenvalue weighted by Gasteiger charge is 2.15. The molecule has 0 spiro atoms. The first-order chi connectivity index (χ1) is 8.62. The Hall–Kier alpha value is -1.67. The maximum atomic E-state index is 12.0. The van der Waals surface area contributed by atoms with E-state index in [0.29, 0.717) is 10.9 Å². The van der Waals surface area contributed by atoms with Gasteiger partial charge >= 0.3 is 0 Å². The monoisotopic (exact) mass is 284 g/mol. The summed E-state index contributed by atoms with van der Waals surface area (Å²) in [6, 6.07) is 3.13. The van der Waals surface area contributed by atoms with Crippen LogP contribution in [-0.2, 0) is 10.0 Å². The molecule has 0 atom stereocenters. The van der Waals surface area contributed by atoms with E-state index in [0.717, 1.165) is 6.54 Å². The minimum Gasteiger partial charge on any atom is -0.370 e. The molecule has 0 aromatic carbocycles. The molecule has 2 heterocycles. The van der Waals surface area contributed by atoms with Gasteiger partial charge < -0.3 is 5.32 Å². The molecule has 18 heavy (non-hydrogen) atoms. The Balaban J connectivity index is 2.19. The van der Waals surface area contributed by atoms with Crippen molar-refractivity contribution in [3.8, 4) is 0 Å². The molecule has 6 nitrogen and oxygen atoms in total. The molecule has 0 bridgehead atoms. The topological polar surface area (TPSA) is 84.0 Å². The molecule has 8 heteroatoms. The van der Waals surface area contributed by atoms with Crippen LogP contribution in [0.3, 0.4) is 0 Å². The normalized spacial score (nSPS) is 11.2. The van der Waals surface area contributed by atoms with Gasteiger partial charge in [0.1, 0.15) is 10.7 Å². The highest BCUT2D eigenvalue weighted by atomic mass is 32.2. The van der Waals surface area contributed by atoms with E-state index in [1.54, 1.807) is 11.4 Å². The summed E-state index contributed by atoms with van der Waals surface area (Å²) in [5.41, 5.74) is 0. The number of hydrogen-bond donors (Lipinski definition) is 2. The lowest BCUT2D eigenvalue weighted by Crippen LogP contribution is -2.13. The number of sulfonamides is 1. The fourth-order valence-electron chi connectivity index (χ4n) is 1.27. The summed E-state index contributed by atoms with van der Waals surface area (Å²) >= 11 is 1.22. The number of pyridine rings is 1. The Kier molecular flexibility index (Phi) is 3.78. The van der Waals surface area contributed by atoms with Gasteiger partial charge in [-0.05, 0) is 19.1 Å². The summed E-state index contributed by atoms with van der Waals surface area (Å²) in [4.78, 5) is 8.00. The van der Waals surface area contributed by atoms with E-state index in [9.17, 15) is 8.42 Å². The predicted molar refractivity (Wildman–Crippen MR) is 71.3 cm³/mol. The number of rotatable bonds is 5. The third kappa shape index (κ3) is 2.96. The van der Waals surface area contributed by atoms with E-state index in [1.165, 1.54) is 29.8 Å². The van der Waals surface area contributed by atoms with Crippen LogP contribution < -0.4 is 10.0 Å². The van der Waals surface area contributed by atoms with Crippen LogP contribution in [0.2, 0.25) is 0 Å². The van der Waals surface area contributed by atoms with E-state index in [1.807, 2.05) is 6.92 Å². The highest BCUT2D eigenvalue weighted by Crippen LogP contribution is 2.17. The van der Waals surface area contributed by atoms with E-state index < -0.39 is 10.0 Å². The number of aromatic nitrogens is 2. The lowest BCUT2D eigenvalue weighted by atomic mass is 10.4. The predicted octanol–water partition coefficient (Wildman–Crippen LogP) is 1.77. The molecular formula is C10H12N4O2S2. The van der Waals surface area contributed by atoms with Gasteiger partial charge in [-0.3, -0.25) is 4.72 Å². The van der Waals surface area contributed by atoms with Crippen molar-refractivity contribution in [3.05, 3.63) is 29.9 Å². The zero-order valence-electron chi connectivity index (χ0n) is 9.62. The molecule has 0 amide bonds. The average molecular weight is 284 g/mol. The lowest BCUT2D eigenvalue weighted by molar-refractivity contribution is 0.601. The highest BCUT2D eigenvalue weighted by molar-refractivity contribution is 7.93. The zero-order chi connectivity index (χ0) is 13.0. The Morgan fingerprint density at radius 1 is 1.33 bits per heavy atom. The Bertz CT molecular complexity index is 593. The molecule has 96 valence electrons. The van der Waals surface area contributed by atoms with Crippen LogP contribution in [0.1, 0.15) is 6.92 Å². The van der Waals surface area contributed by atoms with Gasteiger partial charge in [-0.25, -0.2) is 18.4 Å². The maximum absolute atomic E-state index is 12.0. The minimum atomic E-state index is -3.61. The van der Waals surface area contributed by atoms with Crippen molar-refractivity contribution in [3.63, 3.8) is 0 Å². The quantitative estimate of drug-likeness (QED) is 0.874. The summed E-state index contributed by atoms with van der Waals surface area (Å²) in [5.74, 6) is 0.644. The number of hydrogen-bond acceptors (Lipinski definition) is 6. The van der Waals surface area contributed by atoms with Gasteiger partial charge in [0.15, 0.2) is 5.13 Å². The molecule has 2 aromatic rings. The molecule has 0 radical (unpaired) electrons. The molecule has 0 saturated heterocycles. The fraction of sp³-hybridized carbons (Fsp3) is 0.200. The summed E-state index contributed by atoms with van der Waals surface area (Å²) < 4.78 is 26.3. The summed E-state index contributed by atoms with van der Waals surface area (Å²) in [6.07, 6.45) is 2.85. The van der Waals surface area contributed by atoms with Gasteiger partial charge in [-0.15, -0.1) is 11.3 Å². The van der Waals surface area contributed by atoms with Gasteiger partial charge in [0, 0.05) is 24.3 Å². The Morgan fingerprint density at radius 3 is 2.72 bits per heavy atom. The molecule has 0 aliphatic rings. The molecule has 2 rings (SSSR count).